The predicted molar refractivity (Wildman–Crippen MR) is 88.3 cm³/mol. The predicted octanol–water partition coefficient (Wildman–Crippen LogP) is 3.07. The van der Waals surface area contributed by atoms with Gasteiger partial charge in [0.2, 0.25) is 5.91 Å². The number of aromatic nitrogens is 1. The zero-order chi connectivity index (χ0) is 16.1. The molecular formula is C17H16N2O3S. The first-order chi connectivity index (χ1) is 11.0. The average molecular weight is 328 g/mol. The van der Waals surface area contributed by atoms with Gasteiger partial charge in [0.15, 0.2) is 5.13 Å². The van der Waals surface area contributed by atoms with Crippen molar-refractivity contribution in [3.05, 3.63) is 35.9 Å². The van der Waals surface area contributed by atoms with Gasteiger partial charge in [0.1, 0.15) is 0 Å². The van der Waals surface area contributed by atoms with Crippen LogP contribution in [-0.2, 0) is 9.59 Å². The first kappa shape index (κ1) is 14.4. The van der Waals surface area contributed by atoms with Crippen LogP contribution >= 0.6 is 11.3 Å². The minimum Gasteiger partial charge on any atom is -0.481 e. The Kier molecular flexibility index (Phi) is 3.23. The van der Waals surface area contributed by atoms with Gasteiger partial charge in [0.05, 0.1) is 22.1 Å². The third-order valence-corrected chi connectivity index (χ3v) is 5.83. The minimum absolute atomic E-state index is 0.0224. The number of benzene rings is 1. The molecule has 5 nitrogen and oxygen atoms in total. The Bertz CT molecular complexity index is 841. The summed E-state index contributed by atoms with van der Waals surface area (Å²) in [6.45, 7) is 1.98. The smallest absolute Gasteiger partial charge is 0.307 e. The van der Waals surface area contributed by atoms with Crippen LogP contribution in [0.15, 0.2) is 30.4 Å². The molecule has 1 saturated carbocycles. The zero-order valence-electron chi connectivity index (χ0n) is 12.5. The van der Waals surface area contributed by atoms with Crippen molar-refractivity contribution in [2.24, 2.45) is 23.7 Å². The van der Waals surface area contributed by atoms with Gasteiger partial charge in [-0.15, -0.1) is 0 Å². The summed E-state index contributed by atoms with van der Waals surface area (Å²) in [5, 5.41) is 12.8. The average Bonchev–Trinajstić information content (AvgIpc) is 3.19. The van der Waals surface area contributed by atoms with Gasteiger partial charge in [-0.3, -0.25) is 9.59 Å². The molecule has 0 aliphatic heterocycles. The number of aliphatic carboxylic acids is 1. The first-order valence-electron chi connectivity index (χ1n) is 7.63. The molecule has 0 radical (unpaired) electrons. The molecule has 23 heavy (non-hydrogen) atoms. The van der Waals surface area contributed by atoms with Crippen LogP contribution in [0.4, 0.5) is 5.13 Å². The number of carboxylic acid groups (broad SMARTS) is 1. The largest absolute Gasteiger partial charge is 0.481 e. The minimum atomic E-state index is -0.887. The van der Waals surface area contributed by atoms with E-state index in [1.807, 2.05) is 37.3 Å². The number of nitrogens with zero attached hydrogens (tertiary/aromatic N) is 1. The maximum atomic E-state index is 12.6. The standard InChI is InChI=1S/C17H16N2O3S/c1-8-3-2-4-11-14(8)18-17(23-11)19-15(20)12-9-5-6-10(7-9)13(12)16(21)22/h2-6,9-10,12-13H,7H2,1H3,(H,21,22)(H,18,19,20)/t9-,10-,12-,13+/m0/s1. The van der Waals surface area contributed by atoms with Gasteiger partial charge in [-0.05, 0) is 36.8 Å². The van der Waals surface area contributed by atoms with E-state index >= 15 is 0 Å². The molecule has 1 aromatic heterocycles. The lowest BCUT2D eigenvalue weighted by molar-refractivity contribution is -0.146. The van der Waals surface area contributed by atoms with Crippen LogP contribution in [0.1, 0.15) is 12.0 Å². The van der Waals surface area contributed by atoms with Gasteiger partial charge in [0.25, 0.3) is 0 Å². The molecule has 2 aliphatic carbocycles. The topological polar surface area (TPSA) is 79.3 Å². The van der Waals surface area contributed by atoms with Gasteiger partial charge < -0.3 is 10.4 Å². The quantitative estimate of drug-likeness (QED) is 0.849. The highest BCUT2D eigenvalue weighted by atomic mass is 32.1. The van der Waals surface area contributed by atoms with Crippen molar-refractivity contribution in [1.82, 2.24) is 4.98 Å². The highest BCUT2D eigenvalue weighted by molar-refractivity contribution is 7.22. The number of carbonyl (C=O) groups excluding carboxylic acids is 1. The summed E-state index contributed by atoms with van der Waals surface area (Å²) in [6.07, 6.45) is 4.68. The molecule has 2 bridgehead atoms. The zero-order valence-corrected chi connectivity index (χ0v) is 13.3. The fourth-order valence-electron chi connectivity index (χ4n) is 3.84. The molecule has 4 rings (SSSR count). The molecule has 0 saturated heterocycles. The normalized spacial score (nSPS) is 28.4. The summed E-state index contributed by atoms with van der Waals surface area (Å²) in [5.74, 6) is -2.24. The second-order valence-corrected chi connectivity index (χ2v) is 7.30. The van der Waals surface area contributed by atoms with E-state index in [-0.39, 0.29) is 17.7 Å². The first-order valence-corrected chi connectivity index (χ1v) is 8.44. The molecule has 1 aromatic carbocycles. The number of allylic oxidation sites excluding steroid dienone is 2. The van der Waals surface area contributed by atoms with Crippen molar-refractivity contribution >= 4 is 38.6 Å². The SMILES string of the molecule is Cc1cccc2sc(NC(=O)[C@@H]3[C@H](C(=O)O)[C@H]4C=C[C@H]3C4)nc12. The van der Waals surface area contributed by atoms with E-state index in [0.29, 0.717) is 5.13 Å². The van der Waals surface area contributed by atoms with E-state index in [0.717, 1.165) is 22.2 Å². The number of amides is 1. The van der Waals surface area contributed by atoms with Crippen molar-refractivity contribution in [3.63, 3.8) is 0 Å². The summed E-state index contributed by atoms with van der Waals surface area (Å²) in [4.78, 5) is 28.6. The number of hydrogen-bond donors (Lipinski definition) is 2. The van der Waals surface area contributed by atoms with Crippen LogP contribution < -0.4 is 5.32 Å². The van der Waals surface area contributed by atoms with E-state index < -0.39 is 17.8 Å². The van der Waals surface area contributed by atoms with Crippen LogP contribution in [-0.4, -0.2) is 22.0 Å². The summed E-state index contributed by atoms with van der Waals surface area (Å²) in [5.41, 5.74) is 1.95. The van der Waals surface area contributed by atoms with E-state index in [2.05, 4.69) is 10.3 Å². The van der Waals surface area contributed by atoms with E-state index in [9.17, 15) is 14.7 Å². The number of carbonyl (C=O) groups is 2. The highest BCUT2D eigenvalue weighted by Crippen LogP contribution is 2.48. The summed E-state index contributed by atoms with van der Waals surface area (Å²) < 4.78 is 1.02. The Morgan fingerprint density at radius 2 is 2.00 bits per heavy atom. The van der Waals surface area contributed by atoms with Crippen LogP contribution in [0.2, 0.25) is 0 Å². The number of para-hydroxylation sites is 1. The number of rotatable bonds is 3. The second kappa shape index (κ2) is 5.16. The van der Waals surface area contributed by atoms with Crippen molar-refractivity contribution < 1.29 is 14.7 Å². The van der Waals surface area contributed by atoms with Crippen LogP contribution in [0.5, 0.6) is 0 Å². The second-order valence-electron chi connectivity index (χ2n) is 6.27. The summed E-state index contributed by atoms with van der Waals surface area (Å²) in [6, 6.07) is 5.91. The third-order valence-electron chi connectivity index (χ3n) is 4.90. The van der Waals surface area contributed by atoms with Crippen molar-refractivity contribution in [3.8, 4) is 0 Å². The fraction of sp³-hybridized carbons (Fsp3) is 0.353. The number of fused-ring (bicyclic) bond motifs is 3. The molecule has 1 fully saturated rings. The van der Waals surface area contributed by atoms with Gasteiger partial charge in [0, 0.05) is 0 Å². The highest BCUT2D eigenvalue weighted by Gasteiger charge is 2.51. The number of anilines is 1. The maximum Gasteiger partial charge on any atom is 0.307 e. The van der Waals surface area contributed by atoms with Crippen LogP contribution in [0.3, 0.4) is 0 Å². The van der Waals surface area contributed by atoms with Gasteiger partial charge in [-0.2, -0.15) is 0 Å². The van der Waals surface area contributed by atoms with Crippen LogP contribution in [0, 0.1) is 30.6 Å². The molecule has 1 amide bonds. The van der Waals surface area contributed by atoms with E-state index in [4.69, 9.17) is 0 Å². The number of hydrogen-bond acceptors (Lipinski definition) is 4. The molecule has 6 heteroatoms. The number of thiazole rings is 1. The number of carboxylic acids is 1. The molecule has 2 aromatic rings. The molecular weight excluding hydrogens is 312 g/mol. The Morgan fingerprint density at radius 1 is 1.26 bits per heavy atom. The Balaban J connectivity index is 1.60. The molecule has 0 unspecified atom stereocenters. The maximum absolute atomic E-state index is 12.6. The summed E-state index contributed by atoms with van der Waals surface area (Å²) in [7, 11) is 0. The molecule has 1 heterocycles. The monoisotopic (exact) mass is 328 g/mol. The molecule has 118 valence electrons. The number of aryl methyl sites for hydroxylation is 1. The Hall–Kier alpha value is -2.21. The third kappa shape index (κ3) is 2.25. The van der Waals surface area contributed by atoms with Gasteiger partial charge in [-0.1, -0.05) is 35.6 Å². The Morgan fingerprint density at radius 3 is 2.70 bits per heavy atom. The van der Waals surface area contributed by atoms with Crippen molar-refractivity contribution in [2.75, 3.05) is 5.32 Å². The van der Waals surface area contributed by atoms with Crippen molar-refractivity contribution in [2.45, 2.75) is 13.3 Å². The molecule has 2 aliphatic rings. The van der Waals surface area contributed by atoms with Gasteiger partial charge in [-0.25, -0.2) is 4.98 Å². The Labute approximate surface area is 137 Å². The van der Waals surface area contributed by atoms with Gasteiger partial charge >= 0.3 is 5.97 Å². The molecule has 4 atom stereocenters. The van der Waals surface area contributed by atoms with E-state index in [1.165, 1.54) is 11.3 Å². The van der Waals surface area contributed by atoms with Crippen LogP contribution in [0.25, 0.3) is 10.2 Å². The lowest BCUT2D eigenvalue weighted by Gasteiger charge is -2.23. The molecule has 0 spiro atoms. The lowest BCUT2D eigenvalue weighted by Crippen LogP contribution is -2.36. The lowest BCUT2D eigenvalue weighted by atomic mass is 9.82. The number of nitrogens with one attached hydrogen (secondary N) is 1. The van der Waals surface area contributed by atoms with Crippen molar-refractivity contribution in [1.29, 1.82) is 0 Å². The van der Waals surface area contributed by atoms with E-state index in [1.54, 1.807) is 0 Å². The fourth-order valence-corrected chi connectivity index (χ4v) is 4.79. The molecule has 2 N–H and O–H groups in total. The summed E-state index contributed by atoms with van der Waals surface area (Å²) >= 11 is 1.42.